The predicted octanol–water partition coefficient (Wildman–Crippen LogP) is 2.94. The Labute approximate surface area is 105 Å². The van der Waals surface area contributed by atoms with Crippen LogP contribution >= 0.6 is 0 Å². The van der Waals surface area contributed by atoms with Crippen molar-refractivity contribution in [2.45, 2.75) is 12.3 Å². The largest absolute Gasteiger partial charge is 0.381 e. The van der Waals surface area contributed by atoms with Crippen molar-refractivity contribution in [2.75, 3.05) is 0 Å². The molecule has 0 saturated heterocycles. The average Bonchev–Trinajstić information content (AvgIpc) is 2.47. The third-order valence-electron chi connectivity index (χ3n) is 2.72. The van der Waals surface area contributed by atoms with Gasteiger partial charge in [-0.1, -0.05) is 60.7 Å². The molecule has 0 aliphatic carbocycles. The summed E-state index contributed by atoms with van der Waals surface area (Å²) in [4.78, 5) is 11.9. The second-order valence-corrected chi connectivity index (χ2v) is 3.99. The van der Waals surface area contributed by atoms with Gasteiger partial charge in [0.15, 0.2) is 18.1 Å². The molecular weight excluding hydrogens is 231 g/mol. The molecule has 0 aromatic heterocycles. The molecule has 0 aliphatic heterocycles. The first-order valence-corrected chi connectivity index (χ1v) is 5.66. The smallest absolute Gasteiger partial charge is 0.194 e. The van der Waals surface area contributed by atoms with Gasteiger partial charge in [0, 0.05) is 5.56 Å². The van der Waals surface area contributed by atoms with Gasteiger partial charge in [0.05, 0.1) is 0 Å². The Morgan fingerprint density at radius 2 is 1.44 bits per heavy atom. The number of aliphatic hydroxyl groups excluding tert-OH is 1. The van der Waals surface area contributed by atoms with Gasteiger partial charge in [0.2, 0.25) is 0 Å². The standard InChI is InChI=1S/C15H13FO2/c16-13(11-7-3-1-4-8-11)15(18)14(17)12-9-5-2-6-10-12/h1-10,13,15,18H. The SMILES string of the molecule is O=C(c1ccccc1)C(O)C(F)c1ccccc1. The maximum Gasteiger partial charge on any atom is 0.194 e. The van der Waals surface area contributed by atoms with Crippen LogP contribution in [0.2, 0.25) is 0 Å². The van der Waals surface area contributed by atoms with Crippen molar-refractivity contribution in [3.8, 4) is 0 Å². The number of halogens is 1. The van der Waals surface area contributed by atoms with E-state index in [1.165, 1.54) is 0 Å². The van der Waals surface area contributed by atoms with Crippen LogP contribution < -0.4 is 0 Å². The zero-order chi connectivity index (χ0) is 13.0. The molecule has 0 fully saturated rings. The number of carbonyl (C=O) groups excluding carboxylic acids is 1. The third kappa shape index (κ3) is 2.63. The van der Waals surface area contributed by atoms with E-state index in [0.29, 0.717) is 11.1 Å². The summed E-state index contributed by atoms with van der Waals surface area (Å²) in [6.45, 7) is 0. The minimum absolute atomic E-state index is 0.300. The number of Topliss-reactive ketones (excluding diaryl/α,β-unsaturated/α-hetero) is 1. The van der Waals surface area contributed by atoms with E-state index < -0.39 is 18.1 Å². The van der Waals surface area contributed by atoms with Gasteiger partial charge in [0.25, 0.3) is 0 Å². The summed E-state index contributed by atoms with van der Waals surface area (Å²) in [5.74, 6) is -0.605. The quantitative estimate of drug-likeness (QED) is 0.839. The molecule has 2 atom stereocenters. The molecule has 0 bridgehead atoms. The molecule has 0 saturated carbocycles. The molecule has 2 aromatic carbocycles. The topological polar surface area (TPSA) is 37.3 Å². The molecule has 2 rings (SSSR count). The molecule has 0 amide bonds. The Hall–Kier alpha value is -2.00. The van der Waals surface area contributed by atoms with Crippen LogP contribution in [0.4, 0.5) is 4.39 Å². The molecule has 0 heterocycles. The lowest BCUT2D eigenvalue weighted by Crippen LogP contribution is -2.25. The number of benzene rings is 2. The first-order chi connectivity index (χ1) is 8.70. The van der Waals surface area contributed by atoms with E-state index in [0.717, 1.165) is 0 Å². The molecule has 2 nitrogen and oxygen atoms in total. The zero-order valence-electron chi connectivity index (χ0n) is 9.66. The highest BCUT2D eigenvalue weighted by molar-refractivity contribution is 5.99. The molecule has 3 heteroatoms. The number of carbonyl (C=O) groups is 1. The summed E-state index contributed by atoms with van der Waals surface area (Å²) < 4.78 is 14.0. The van der Waals surface area contributed by atoms with E-state index >= 15 is 0 Å². The number of rotatable bonds is 4. The Morgan fingerprint density at radius 1 is 0.944 bits per heavy atom. The third-order valence-corrected chi connectivity index (χ3v) is 2.72. The van der Waals surface area contributed by atoms with Crippen LogP contribution in [0.1, 0.15) is 22.1 Å². The van der Waals surface area contributed by atoms with Crippen molar-refractivity contribution in [1.82, 2.24) is 0 Å². The predicted molar refractivity (Wildman–Crippen MR) is 67.1 cm³/mol. The molecule has 0 spiro atoms. The van der Waals surface area contributed by atoms with Gasteiger partial charge < -0.3 is 5.11 Å². The summed E-state index contributed by atoms with van der Waals surface area (Å²) in [6, 6.07) is 16.4. The average molecular weight is 244 g/mol. The highest BCUT2D eigenvalue weighted by Gasteiger charge is 2.27. The maximum atomic E-state index is 14.0. The summed E-state index contributed by atoms with van der Waals surface area (Å²) >= 11 is 0. The first kappa shape index (κ1) is 12.5. The summed E-state index contributed by atoms with van der Waals surface area (Å²) in [5.41, 5.74) is 0.609. The highest BCUT2D eigenvalue weighted by atomic mass is 19.1. The molecule has 1 N–H and O–H groups in total. The fraction of sp³-hybridized carbons (Fsp3) is 0.133. The second kappa shape index (κ2) is 5.56. The van der Waals surface area contributed by atoms with Crippen molar-refractivity contribution in [1.29, 1.82) is 0 Å². The fourth-order valence-corrected chi connectivity index (χ4v) is 1.73. The summed E-state index contributed by atoms with van der Waals surface area (Å²) in [5, 5.41) is 9.77. The van der Waals surface area contributed by atoms with Crippen molar-refractivity contribution in [3.05, 3.63) is 71.8 Å². The normalized spacial score (nSPS) is 13.9. The number of alkyl halides is 1. The van der Waals surface area contributed by atoms with Gasteiger partial charge in [-0.2, -0.15) is 0 Å². The van der Waals surface area contributed by atoms with E-state index in [9.17, 15) is 14.3 Å². The lowest BCUT2D eigenvalue weighted by Gasteiger charge is -2.14. The van der Waals surface area contributed by atoms with Crippen LogP contribution in [-0.4, -0.2) is 17.0 Å². The number of hydrogen-bond acceptors (Lipinski definition) is 2. The van der Waals surface area contributed by atoms with Gasteiger partial charge >= 0.3 is 0 Å². The lowest BCUT2D eigenvalue weighted by molar-refractivity contribution is 0.0511. The molecule has 0 aliphatic rings. The minimum atomic E-state index is -1.71. The maximum absolute atomic E-state index is 14.0. The van der Waals surface area contributed by atoms with Crippen LogP contribution in [0.15, 0.2) is 60.7 Å². The van der Waals surface area contributed by atoms with Gasteiger partial charge in [-0.25, -0.2) is 4.39 Å². The van der Waals surface area contributed by atoms with Crippen LogP contribution in [0.25, 0.3) is 0 Å². The first-order valence-electron chi connectivity index (χ1n) is 5.66. The van der Waals surface area contributed by atoms with Crippen molar-refractivity contribution in [3.63, 3.8) is 0 Å². The van der Waals surface area contributed by atoms with Gasteiger partial charge in [-0.15, -0.1) is 0 Å². The van der Waals surface area contributed by atoms with Crippen molar-refractivity contribution >= 4 is 5.78 Å². The summed E-state index contributed by atoms with van der Waals surface area (Å²) in [6.07, 6.45) is -3.38. The van der Waals surface area contributed by atoms with Crippen LogP contribution in [0.3, 0.4) is 0 Å². The number of aliphatic hydroxyl groups is 1. The molecule has 2 unspecified atom stereocenters. The van der Waals surface area contributed by atoms with E-state index in [-0.39, 0.29) is 0 Å². The Bertz CT molecular complexity index is 511. The Morgan fingerprint density at radius 3 is 2.00 bits per heavy atom. The van der Waals surface area contributed by atoms with E-state index in [4.69, 9.17) is 0 Å². The summed E-state index contributed by atoms with van der Waals surface area (Å²) in [7, 11) is 0. The van der Waals surface area contributed by atoms with Crippen molar-refractivity contribution < 1.29 is 14.3 Å². The Kier molecular flexibility index (Phi) is 3.85. The monoisotopic (exact) mass is 244 g/mol. The van der Waals surface area contributed by atoms with E-state index in [1.807, 2.05) is 0 Å². The van der Waals surface area contributed by atoms with Crippen molar-refractivity contribution in [2.24, 2.45) is 0 Å². The van der Waals surface area contributed by atoms with Gasteiger partial charge in [-0.3, -0.25) is 4.79 Å². The van der Waals surface area contributed by atoms with E-state index in [2.05, 4.69) is 0 Å². The number of hydrogen-bond donors (Lipinski definition) is 1. The fourth-order valence-electron chi connectivity index (χ4n) is 1.73. The molecular formula is C15H13FO2. The Balaban J connectivity index is 2.17. The zero-order valence-corrected chi connectivity index (χ0v) is 9.66. The van der Waals surface area contributed by atoms with Crippen LogP contribution in [-0.2, 0) is 0 Å². The molecule has 2 aromatic rings. The minimum Gasteiger partial charge on any atom is -0.381 e. The molecule has 18 heavy (non-hydrogen) atoms. The number of ketones is 1. The van der Waals surface area contributed by atoms with Gasteiger partial charge in [0.1, 0.15) is 0 Å². The lowest BCUT2D eigenvalue weighted by atomic mass is 9.98. The highest BCUT2D eigenvalue weighted by Crippen LogP contribution is 2.23. The second-order valence-electron chi connectivity index (χ2n) is 3.99. The van der Waals surface area contributed by atoms with Crippen LogP contribution in [0, 0.1) is 0 Å². The van der Waals surface area contributed by atoms with Gasteiger partial charge in [-0.05, 0) is 5.56 Å². The molecule has 0 radical (unpaired) electrons. The van der Waals surface area contributed by atoms with Crippen LogP contribution in [0.5, 0.6) is 0 Å². The molecule has 92 valence electrons. The van der Waals surface area contributed by atoms with E-state index in [1.54, 1.807) is 60.7 Å².